The van der Waals surface area contributed by atoms with Crippen molar-refractivity contribution in [3.05, 3.63) is 69.5 Å². The van der Waals surface area contributed by atoms with Crippen LogP contribution in [0, 0.1) is 6.92 Å². The number of halogens is 1. The van der Waals surface area contributed by atoms with Crippen LogP contribution in [0.5, 0.6) is 0 Å². The number of amides is 1. The van der Waals surface area contributed by atoms with Gasteiger partial charge in [-0.3, -0.25) is 9.59 Å². The lowest BCUT2D eigenvalue weighted by Gasteiger charge is -2.09. The van der Waals surface area contributed by atoms with Crippen LogP contribution < -0.4 is 10.9 Å². The van der Waals surface area contributed by atoms with Crippen LogP contribution in [0.15, 0.2) is 58.2 Å². The van der Waals surface area contributed by atoms with Crippen LogP contribution >= 0.6 is 11.6 Å². The number of para-hydroxylation sites is 1. The van der Waals surface area contributed by atoms with Crippen LogP contribution in [-0.2, 0) is 14.6 Å². The van der Waals surface area contributed by atoms with Crippen molar-refractivity contribution in [1.82, 2.24) is 4.98 Å². The van der Waals surface area contributed by atoms with Gasteiger partial charge in [0.1, 0.15) is 5.75 Å². The van der Waals surface area contributed by atoms with Crippen LogP contribution in [0.3, 0.4) is 0 Å². The summed E-state index contributed by atoms with van der Waals surface area (Å²) < 4.78 is 25.1. The van der Waals surface area contributed by atoms with E-state index in [0.717, 1.165) is 0 Å². The van der Waals surface area contributed by atoms with E-state index in [-0.39, 0.29) is 10.5 Å². The Bertz CT molecular complexity index is 1170. The molecule has 1 aromatic heterocycles. The molecule has 0 bridgehead atoms. The molecule has 6 nitrogen and oxygen atoms in total. The third kappa shape index (κ3) is 3.79. The van der Waals surface area contributed by atoms with Gasteiger partial charge in [-0.25, -0.2) is 8.42 Å². The first-order chi connectivity index (χ1) is 12.3. The molecule has 0 radical (unpaired) electrons. The Morgan fingerprint density at radius 3 is 2.62 bits per heavy atom. The highest BCUT2D eigenvalue weighted by atomic mass is 35.5. The second-order valence-electron chi connectivity index (χ2n) is 5.81. The molecule has 2 N–H and O–H groups in total. The maximum atomic E-state index is 12.6. The van der Waals surface area contributed by atoms with Gasteiger partial charge in [0.05, 0.1) is 15.6 Å². The number of aromatic nitrogens is 1. The SMILES string of the molecule is Cc1cc(=O)[nH]c2ccc(S(=O)(=O)CC(=O)Nc3ccccc3Cl)cc12. The molecule has 1 amide bonds. The first-order valence-electron chi connectivity index (χ1n) is 7.67. The molecule has 2 aromatic carbocycles. The molecule has 0 saturated carbocycles. The maximum Gasteiger partial charge on any atom is 0.248 e. The third-order valence-corrected chi connectivity index (χ3v) is 5.79. The number of H-pyrrole nitrogens is 1. The van der Waals surface area contributed by atoms with Gasteiger partial charge in [-0.05, 0) is 42.8 Å². The Kier molecular flexibility index (Phi) is 4.84. The summed E-state index contributed by atoms with van der Waals surface area (Å²) in [7, 11) is -3.86. The van der Waals surface area contributed by atoms with E-state index in [0.29, 0.717) is 27.2 Å². The number of fused-ring (bicyclic) bond motifs is 1. The summed E-state index contributed by atoms with van der Waals surface area (Å²) in [6.07, 6.45) is 0. The number of hydrogen-bond donors (Lipinski definition) is 2. The molecular weight excluding hydrogens is 376 g/mol. The van der Waals surface area contributed by atoms with Gasteiger partial charge in [0, 0.05) is 17.0 Å². The number of rotatable bonds is 4. The smallest absolute Gasteiger partial charge is 0.248 e. The second-order valence-corrected chi connectivity index (χ2v) is 8.21. The van der Waals surface area contributed by atoms with E-state index in [9.17, 15) is 18.0 Å². The van der Waals surface area contributed by atoms with Gasteiger partial charge >= 0.3 is 0 Å². The predicted octanol–water partition coefficient (Wildman–Crippen LogP) is 2.90. The Morgan fingerprint density at radius 2 is 1.88 bits per heavy atom. The van der Waals surface area contributed by atoms with Crippen LogP contribution in [0.25, 0.3) is 10.9 Å². The number of aromatic amines is 1. The molecule has 3 rings (SSSR count). The molecule has 26 heavy (non-hydrogen) atoms. The molecule has 8 heteroatoms. The summed E-state index contributed by atoms with van der Waals surface area (Å²) in [6.45, 7) is 1.72. The zero-order chi connectivity index (χ0) is 18.9. The van der Waals surface area contributed by atoms with E-state index in [2.05, 4.69) is 10.3 Å². The number of aryl methyl sites for hydroxylation is 1. The number of pyridine rings is 1. The van der Waals surface area contributed by atoms with E-state index < -0.39 is 21.5 Å². The molecule has 0 unspecified atom stereocenters. The average molecular weight is 391 g/mol. The summed E-state index contributed by atoms with van der Waals surface area (Å²) in [5.74, 6) is -1.40. The molecule has 0 aliphatic heterocycles. The number of benzene rings is 2. The number of hydrogen-bond acceptors (Lipinski definition) is 4. The van der Waals surface area contributed by atoms with Gasteiger partial charge in [-0.15, -0.1) is 0 Å². The third-order valence-electron chi connectivity index (χ3n) is 3.85. The maximum absolute atomic E-state index is 12.6. The molecule has 134 valence electrons. The van der Waals surface area contributed by atoms with Crippen LogP contribution in [0.4, 0.5) is 5.69 Å². The molecular formula is C18H15ClN2O4S. The second kappa shape index (κ2) is 6.93. The number of carbonyl (C=O) groups excluding carboxylic acids is 1. The van der Waals surface area contributed by atoms with Crippen molar-refractivity contribution < 1.29 is 13.2 Å². The highest BCUT2D eigenvalue weighted by molar-refractivity contribution is 7.92. The topological polar surface area (TPSA) is 96.1 Å². The standard InChI is InChI=1S/C18H15ClN2O4S/c1-11-8-17(22)20-15-7-6-12(9-13(11)15)26(24,25)10-18(23)21-16-5-3-2-4-14(16)19/h2-9H,10H2,1H3,(H,20,22)(H,21,23). The molecule has 0 fully saturated rings. The molecule has 1 heterocycles. The highest BCUT2D eigenvalue weighted by Crippen LogP contribution is 2.22. The Morgan fingerprint density at radius 1 is 1.15 bits per heavy atom. The van der Waals surface area contributed by atoms with E-state index >= 15 is 0 Å². The molecule has 3 aromatic rings. The van der Waals surface area contributed by atoms with Gasteiger partial charge in [-0.1, -0.05) is 23.7 Å². The Balaban J connectivity index is 1.88. The van der Waals surface area contributed by atoms with Gasteiger partial charge in [0.25, 0.3) is 0 Å². The van der Waals surface area contributed by atoms with Gasteiger partial charge in [-0.2, -0.15) is 0 Å². The summed E-state index contributed by atoms with van der Waals surface area (Å²) >= 11 is 5.96. The quantitative estimate of drug-likeness (QED) is 0.715. The summed E-state index contributed by atoms with van der Waals surface area (Å²) in [5.41, 5.74) is 1.28. The predicted molar refractivity (Wildman–Crippen MR) is 101 cm³/mol. The zero-order valence-electron chi connectivity index (χ0n) is 13.7. The van der Waals surface area contributed by atoms with Crippen molar-refractivity contribution in [2.45, 2.75) is 11.8 Å². The summed E-state index contributed by atoms with van der Waals surface area (Å²) in [5, 5.41) is 3.43. The molecule has 0 saturated heterocycles. The molecule has 0 aliphatic carbocycles. The average Bonchev–Trinajstić information content (AvgIpc) is 2.56. The van der Waals surface area contributed by atoms with Gasteiger partial charge < -0.3 is 10.3 Å². The lowest BCUT2D eigenvalue weighted by molar-refractivity contribution is -0.113. The molecule has 0 spiro atoms. The Hall–Kier alpha value is -2.64. The Labute approximate surface area is 154 Å². The van der Waals surface area contributed by atoms with Crippen LogP contribution in [0.1, 0.15) is 5.56 Å². The summed E-state index contributed by atoms with van der Waals surface area (Å²) in [6, 6.07) is 12.3. The number of carbonyl (C=O) groups is 1. The lowest BCUT2D eigenvalue weighted by Crippen LogP contribution is -2.23. The number of sulfone groups is 1. The van der Waals surface area contributed by atoms with E-state index in [1.807, 2.05) is 0 Å². The van der Waals surface area contributed by atoms with Crippen LogP contribution in [0.2, 0.25) is 5.02 Å². The monoisotopic (exact) mass is 390 g/mol. The summed E-state index contributed by atoms with van der Waals surface area (Å²) in [4.78, 5) is 26.3. The van der Waals surface area contributed by atoms with Crippen molar-refractivity contribution >= 4 is 43.9 Å². The zero-order valence-corrected chi connectivity index (χ0v) is 15.3. The number of nitrogens with one attached hydrogen (secondary N) is 2. The van der Waals surface area contributed by atoms with Gasteiger partial charge in [0.15, 0.2) is 9.84 Å². The van der Waals surface area contributed by atoms with Crippen molar-refractivity contribution in [2.24, 2.45) is 0 Å². The molecule has 0 atom stereocenters. The van der Waals surface area contributed by atoms with Crippen molar-refractivity contribution in [2.75, 3.05) is 11.1 Å². The van der Waals surface area contributed by atoms with E-state index in [4.69, 9.17) is 11.6 Å². The van der Waals surface area contributed by atoms with E-state index in [1.165, 1.54) is 24.3 Å². The first-order valence-corrected chi connectivity index (χ1v) is 9.70. The minimum absolute atomic E-state index is 0.00876. The van der Waals surface area contributed by atoms with Crippen molar-refractivity contribution in [1.29, 1.82) is 0 Å². The number of anilines is 1. The highest BCUT2D eigenvalue weighted by Gasteiger charge is 2.20. The fourth-order valence-electron chi connectivity index (χ4n) is 2.60. The van der Waals surface area contributed by atoms with Gasteiger partial charge in [0.2, 0.25) is 11.5 Å². The van der Waals surface area contributed by atoms with E-state index in [1.54, 1.807) is 31.2 Å². The fourth-order valence-corrected chi connectivity index (χ4v) is 3.94. The van der Waals surface area contributed by atoms with Crippen molar-refractivity contribution in [3.63, 3.8) is 0 Å². The normalized spacial score (nSPS) is 11.5. The largest absolute Gasteiger partial charge is 0.324 e. The minimum atomic E-state index is -3.86. The lowest BCUT2D eigenvalue weighted by atomic mass is 10.1. The molecule has 0 aliphatic rings. The van der Waals surface area contributed by atoms with Crippen molar-refractivity contribution in [3.8, 4) is 0 Å². The minimum Gasteiger partial charge on any atom is -0.324 e. The van der Waals surface area contributed by atoms with Crippen LogP contribution in [-0.4, -0.2) is 25.1 Å². The first kappa shape index (κ1) is 18.2. The fraction of sp³-hybridized carbons (Fsp3) is 0.111.